The van der Waals surface area contributed by atoms with Crippen LogP contribution in [0.5, 0.6) is 0 Å². The van der Waals surface area contributed by atoms with Gasteiger partial charge in [-0.1, -0.05) is 34.1 Å². The molecule has 1 saturated carbocycles. The maximum atomic E-state index is 11.6. The third kappa shape index (κ3) is 4.20. The fourth-order valence-corrected chi connectivity index (χ4v) is 2.88. The Balaban J connectivity index is 0.00000180. The summed E-state index contributed by atoms with van der Waals surface area (Å²) in [4.78, 5) is 11.6. The van der Waals surface area contributed by atoms with Gasteiger partial charge < -0.3 is 10.6 Å². The minimum absolute atomic E-state index is 0. The van der Waals surface area contributed by atoms with Crippen molar-refractivity contribution < 1.29 is 4.79 Å². The second-order valence-electron chi connectivity index (χ2n) is 4.89. The van der Waals surface area contributed by atoms with Gasteiger partial charge >= 0.3 is 0 Å². The second-order valence-corrected chi connectivity index (χ2v) is 5.74. The molecule has 0 aromatic heterocycles. The second kappa shape index (κ2) is 7.27. The molecule has 0 aliphatic heterocycles. The van der Waals surface area contributed by atoms with Gasteiger partial charge in [-0.15, -0.1) is 12.4 Å². The first-order chi connectivity index (χ1) is 8.68. The first kappa shape index (κ1) is 16.5. The monoisotopic (exact) mass is 346 g/mol. The molecular formula is C14H20BrClN2O. The van der Waals surface area contributed by atoms with Crippen LogP contribution >= 0.6 is 28.3 Å². The summed E-state index contributed by atoms with van der Waals surface area (Å²) in [5.41, 5.74) is 1.48. The van der Waals surface area contributed by atoms with Crippen LogP contribution in [0.2, 0.25) is 0 Å². The van der Waals surface area contributed by atoms with Crippen LogP contribution in [0.15, 0.2) is 28.7 Å². The summed E-state index contributed by atoms with van der Waals surface area (Å²) in [6.45, 7) is 1.48. The van der Waals surface area contributed by atoms with Crippen molar-refractivity contribution in [2.24, 2.45) is 0 Å². The summed E-state index contributed by atoms with van der Waals surface area (Å²) >= 11 is 3.60. The SMILES string of the molecule is CNCCC(=O)NCC1(c2ccccc2Br)CC1.Cl. The van der Waals surface area contributed by atoms with Crippen LogP contribution in [0.1, 0.15) is 24.8 Å². The van der Waals surface area contributed by atoms with Gasteiger partial charge in [-0.25, -0.2) is 0 Å². The lowest BCUT2D eigenvalue weighted by atomic mass is 9.96. The topological polar surface area (TPSA) is 41.1 Å². The minimum atomic E-state index is 0. The molecule has 1 fully saturated rings. The Morgan fingerprint density at radius 3 is 2.63 bits per heavy atom. The van der Waals surface area contributed by atoms with Crippen molar-refractivity contribution in [2.45, 2.75) is 24.7 Å². The van der Waals surface area contributed by atoms with Crippen molar-refractivity contribution in [2.75, 3.05) is 20.1 Å². The Morgan fingerprint density at radius 1 is 1.37 bits per heavy atom. The van der Waals surface area contributed by atoms with Crippen LogP contribution in [-0.4, -0.2) is 26.0 Å². The predicted molar refractivity (Wildman–Crippen MR) is 83.9 cm³/mol. The van der Waals surface area contributed by atoms with Gasteiger partial charge in [-0.3, -0.25) is 4.79 Å². The average molecular weight is 348 g/mol. The highest BCUT2D eigenvalue weighted by atomic mass is 79.9. The van der Waals surface area contributed by atoms with E-state index in [0.717, 1.165) is 30.4 Å². The number of hydrogen-bond donors (Lipinski definition) is 2. The predicted octanol–water partition coefficient (Wildman–Crippen LogP) is 2.63. The minimum Gasteiger partial charge on any atom is -0.355 e. The molecule has 0 unspecified atom stereocenters. The van der Waals surface area contributed by atoms with E-state index in [1.807, 2.05) is 13.1 Å². The molecule has 19 heavy (non-hydrogen) atoms. The molecule has 1 aromatic rings. The molecule has 1 aromatic carbocycles. The van der Waals surface area contributed by atoms with Gasteiger partial charge in [0.05, 0.1) is 0 Å². The third-order valence-electron chi connectivity index (χ3n) is 3.52. The van der Waals surface area contributed by atoms with Crippen molar-refractivity contribution in [1.82, 2.24) is 10.6 Å². The average Bonchev–Trinajstić information content (AvgIpc) is 3.15. The van der Waals surface area contributed by atoms with E-state index in [0.29, 0.717) is 6.42 Å². The number of halogens is 2. The zero-order valence-corrected chi connectivity index (χ0v) is 13.4. The standard InChI is InChI=1S/C14H19BrN2O.ClH/c1-16-9-6-13(18)17-10-14(7-8-14)11-4-2-3-5-12(11)15;/h2-5,16H,6-10H2,1H3,(H,17,18);1H. The number of rotatable bonds is 6. The quantitative estimate of drug-likeness (QED) is 0.830. The largest absolute Gasteiger partial charge is 0.355 e. The summed E-state index contributed by atoms with van der Waals surface area (Å²) in [5, 5.41) is 6.03. The molecule has 0 saturated heterocycles. The van der Waals surface area contributed by atoms with Gasteiger partial charge in [0.15, 0.2) is 0 Å². The van der Waals surface area contributed by atoms with E-state index >= 15 is 0 Å². The Kier molecular flexibility index (Phi) is 6.30. The van der Waals surface area contributed by atoms with Gasteiger partial charge in [0.25, 0.3) is 0 Å². The molecule has 2 rings (SSSR count). The molecule has 0 radical (unpaired) electrons. The van der Waals surface area contributed by atoms with Crippen LogP contribution < -0.4 is 10.6 Å². The highest BCUT2D eigenvalue weighted by molar-refractivity contribution is 9.10. The number of nitrogens with one attached hydrogen (secondary N) is 2. The van der Waals surface area contributed by atoms with Crippen LogP contribution in [0.3, 0.4) is 0 Å². The Morgan fingerprint density at radius 2 is 2.05 bits per heavy atom. The maximum absolute atomic E-state index is 11.6. The van der Waals surface area contributed by atoms with Crippen LogP contribution in [0.25, 0.3) is 0 Å². The van der Waals surface area contributed by atoms with E-state index < -0.39 is 0 Å². The molecule has 5 heteroatoms. The van der Waals surface area contributed by atoms with Crippen LogP contribution in [0.4, 0.5) is 0 Å². The van der Waals surface area contributed by atoms with E-state index in [-0.39, 0.29) is 23.7 Å². The molecule has 1 aliphatic rings. The van der Waals surface area contributed by atoms with Gasteiger partial charge in [-0.2, -0.15) is 0 Å². The summed E-state index contributed by atoms with van der Waals surface area (Å²) < 4.78 is 1.15. The summed E-state index contributed by atoms with van der Waals surface area (Å²) in [6.07, 6.45) is 2.85. The number of benzene rings is 1. The van der Waals surface area contributed by atoms with Crippen molar-refractivity contribution in [3.8, 4) is 0 Å². The molecule has 0 bridgehead atoms. The van der Waals surface area contributed by atoms with Crippen molar-refractivity contribution in [1.29, 1.82) is 0 Å². The molecule has 2 N–H and O–H groups in total. The molecule has 1 amide bonds. The van der Waals surface area contributed by atoms with Gasteiger partial charge in [0, 0.05) is 29.4 Å². The number of amides is 1. The first-order valence-electron chi connectivity index (χ1n) is 6.34. The summed E-state index contributed by atoms with van der Waals surface area (Å²) in [5.74, 6) is 0.127. The fourth-order valence-electron chi connectivity index (χ4n) is 2.18. The van der Waals surface area contributed by atoms with E-state index in [9.17, 15) is 4.79 Å². The molecular weight excluding hydrogens is 328 g/mol. The Labute approximate surface area is 129 Å². The van der Waals surface area contributed by atoms with Crippen molar-refractivity contribution in [3.63, 3.8) is 0 Å². The molecule has 0 spiro atoms. The number of hydrogen-bond acceptors (Lipinski definition) is 2. The van der Waals surface area contributed by atoms with Gasteiger partial charge in [0.1, 0.15) is 0 Å². The van der Waals surface area contributed by atoms with Gasteiger partial charge in [0.2, 0.25) is 5.91 Å². The first-order valence-corrected chi connectivity index (χ1v) is 7.13. The molecule has 106 valence electrons. The lowest BCUT2D eigenvalue weighted by molar-refractivity contribution is -0.121. The normalized spacial score (nSPS) is 15.5. The van der Waals surface area contributed by atoms with E-state index in [2.05, 4.69) is 44.8 Å². The Hall–Kier alpha value is -0.580. The number of carbonyl (C=O) groups excluding carboxylic acids is 1. The molecule has 0 atom stereocenters. The summed E-state index contributed by atoms with van der Waals surface area (Å²) in [6, 6.07) is 8.30. The zero-order valence-electron chi connectivity index (χ0n) is 11.0. The van der Waals surface area contributed by atoms with Crippen molar-refractivity contribution >= 4 is 34.2 Å². The molecule has 3 nitrogen and oxygen atoms in total. The van der Waals surface area contributed by atoms with Gasteiger partial charge in [-0.05, 0) is 31.5 Å². The zero-order chi connectivity index (χ0) is 13.0. The highest BCUT2D eigenvalue weighted by Crippen LogP contribution is 2.49. The third-order valence-corrected chi connectivity index (χ3v) is 4.22. The lowest BCUT2D eigenvalue weighted by Crippen LogP contribution is -2.33. The van der Waals surface area contributed by atoms with E-state index in [4.69, 9.17) is 0 Å². The Bertz CT molecular complexity index is 435. The van der Waals surface area contributed by atoms with E-state index in [1.165, 1.54) is 5.56 Å². The lowest BCUT2D eigenvalue weighted by Gasteiger charge is -2.18. The number of carbonyl (C=O) groups is 1. The summed E-state index contributed by atoms with van der Waals surface area (Å²) in [7, 11) is 1.86. The van der Waals surface area contributed by atoms with Crippen molar-refractivity contribution in [3.05, 3.63) is 34.3 Å². The molecule has 0 heterocycles. The smallest absolute Gasteiger partial charge is 0.221 e. The van der Waals surface area contributed by atoms with Crippen LogP contribution in [-0.2, 0) is 10.2 Å². The van der Waals surface area contributed by atoms with E-state index in [1.54, 1.807) is 0 Å². The van der Waals surface area contributed by atoms with Crippen LogP contribution in [0, 0.1) is 0 Å². The fraction of sp³-hybridized carbons (Fsp3) is 0.500. The molecule has 1 aliphatic carbocycles. The maximum Gasteiger partial charge on any atom is 0.221 e. The highest BCUT2D eigenvalue weighted by Gasteiger charge is 2.45.